The van der Waals surface area contributed by atoms with Crippen LogP contribution in [-0.2, 0) is 27.1 Å². The number of benzene rings is 12. The summed E-state index contributed by atoms with van der Waals surface area (Å²) < 4.78 is 53.2. The Morgan fingerprint density at radius 1 is 0.302 bits per heavy atom. The Morgan fingerprint density at radius 3 is 1.19 bits per heavy atom. The fourth-order valence-corrected chi connectivity index (χ4v) is 14.5. The van der Waals surface area contributed by atoms with Gasteiger partial charge in [0, 0.05) is 39.3 Å². The summed E-state index contributed by atoms with van der Waals surface area (Å²) in [5, 5.41) is 1.87. The Hall–Kier alpha value is -9.90. The molecule has 0 saturated heterocycles. The fourth-order valence-electron chi connectivity index (χ4n) is 14.5. The molecule has 13 aromatic rings. The summed E-state index contributed by atoms with van der Waals surface area (Å²) in [6, 6.07) is 81.1. The van der Waals surface area contributed by atoms with Crippen LogP contribution in [0.2, 0.25) is 0 Å². The third-order valence-electron chi connectivity index (χ3n) is 20.0. The van der Waals surface area contributed by atoms with Crippen LogP contribution in [0.25, 0.3) is 88.7 Å². The molecule has 0 unspecified atom stereocenters. The van der Waals surface area contributed by atoms with Crippen LogP contribution in [-0.4, -0.2) is 6.71 Å². The van der Waals surface area contributed by atoms with E-state index in [1.807, 2.05) is 24.3 Å². The highest BCUT2D eigenvalue weighted by atomic mass is 16.3. The lowest BCUT2D eigenvalue weighted by Gasteiger charge is -2.46. The first kappa shape index (κ1) is 56.5. The lowest BCUT2D eigenvalue weighted by molar-refractivity contribution is 0.568. The molecule has 0 N–H and O–H groups in total. The average Bonchev–Trinajstić information content (AvgIpc) is 1.10. The second-order valence-corrected chi connectivity index (χ2v) is 31.9. The van der Waals surface area contributed by atoms with E-state index in [4.69, 9.17) is 8.53 Å². The van der Waals surface area contributed by atoms with Crippen LogP contribution in [0.4, 0.5) is 34.1 Å². The van der Waals surface area contributed by atoms with E-state index in [0.717, 1.165) is 123 Å². The molecule has 3 nitrogen and oxygen atoms in total. The summed E-state index contributed by atoms with van der Waals surface area (Å²) in [5.41, 5.74) is 26.9. The van der Waals surface area contributed by atoms with Gasteiger partial charge in [-0.2, -0.15) is 0 Å². The number of fused-ring (bicyclic) bond motifs is 7. The van der Waals surface area contributed by atoms with Crippen molar-refractivity contribution >= 4 is 79.2 Å². The molecule has 3 heterocycles. The molecule has 0 saturated carbocycles. The zero-order chi connectivity index (χ0) is 71.3. The van der Waals surface area contributed by atoms with E-state index in [0.29, 0.717) is 11.1 Å². The van der Waals surface area contributed by atoms with Crippen molar-refractivity contribution in [1.29, 1.82) is 0 Å². The van der Waals surface area contributed by atoms with Gasteiger partial charge in [-0.05, 0) is 182 Å². The van der Waals surface area contributed by atoms with Gasteiger partial charge in [0.15, 0.2) is 0 Å². The van der Waals surface area contributed by atoms with Crippen LogP contribution >= 0.6 is 0 Å². The number of anilines is 6. The normalized spacial score (nSPS) is 14.0. The van der Waals surface area contributed by atoms with Crippen molar-refractivity contribution in [2.24, 2.45) is 0 Å². The second kappa shape index (κ2) is 22.9. The molecule has 2 aliphatic rings. The Morgan fingerprint density at radius 2 is 0.688 bits per heavy atom. The molecule has 12 aromatic carbocycles. The molecule has 0 aliphatic carbocycles. The maximum Gasteiger partial charge on any atom is 0.252 e. The van der Waals surface area contributed by atoms with Crippen molar-refractivity contribution in [3.63, 3.8) is 0 Å². The summed E-state index contributed by atoms with van der Waals surface area (Å²) in [6.45, 7) is 34.2. The SMILES string of the molecule is [2H]c1c([2H])c([2H])c(-c2ccc3c(c2)N(c2cc(-c4ccccc4)cc4oc5ccccc5c24)c2cc(-c4cc(C(C)(C)C)cc(C(C)(C)C)c4)cc4c2B3c2ccc(-c3cc(C(C)(C)C)cc(C(C)(C)C)c3)cc2N4c2c(-c3ccccc3)cc(C(C)(C)C)cc2-c2ccccc2)c([2H])c1[2H]. The van der Waals surface area contributed by atoms with Crippen molar-refractivity contribution < 1.29 is 11.3 Å². The van der Waals surface area contributed by atoms with Crippen molar-refractivity contribution in [2.45, 2.75) is 131 Å². The highest BCUT2D eigenvalue weighted by molar-refractivity contribution is 7.00. The average molecular weight is 1250 g/mol. The van der Waals surface area contributed by atoms with E-state index in [2.05, 4.69) is 314 Å². The number of furan rings is 1. The Labute approximate surface area is 577 Å². The third kappa shape index (κ3) is 11.1. The zero-order valence-electron chi connectivity index (χ0n) is 63.2. The highest BCUT2D eigenvalue weighted by Gasteiger charge is 2.46. The molecule has 2 aliphatic heterocycles. The van der Waals surface area contributed by atoms with Crippen molar-refractivity contribution in [3.05, 3.63) is 282 Å². The van der Waals surface area contributed by atoms with Crippen LogP contribution in [0.15, 0.2) is 259 Å². The highest BCUT2D eigenvalue weighted by Crippen LogP contribution is 2.55. The molecule has 0 radical (unpaired) electrons. The standard InChI is InChI=1S/C92H87BN2O/c1-88(2,3)68-44-64(45-69(54-68)89(4,5)6)63-41-43-77-79(49-63)95(87-74(60-34-24-18-25-35-60)56-72(92(13,14)15)57-75(87)61-36-26-19-27-37-61)82-52-66(65-46-70(90(7,8)9)55-71(47-65)91(10,11)12)51-81-86(82)93(77)76-42-40-62(58-30-20-16-21-31-58)48-78(76)94(81)80-50-67(59-32-22-17-23-33-59)53-84-85(80)73-38-28-29-39-83(73)96-84/h16-57H,1-15H3/i16D,20D,21D,30D,31D. The van der Waals surface area contributed by atoms with Crippen molar-refractivity contribution in [3.8, 4) is 66.8 Å². The van der Waals surface area contributed by atoms with Crippen LogP contribution in [0.1, 0.15) is 139 Å². The first-order chi connectivity index (χ1) is 47.8. The van der Waals surface area contributed by atoms with Gasteiger partial charge in [-0.25, -0.2) is 0 Å². The van der Waals surface area contributed by atoms with Gasteiger partial charge < -0.3 is 14.2 Å². The van der Waals surface area contributed by atoms with Crippen molar-refractivity contribution in [1.82, 2.24) is 0 Å². The second-order valence-electron chi connectivity index (χ2n) is 31.9. The molecular weight excluding hydrogens is 1160 g/mol. The zero-order valence-corrected chi connectivity index (χ0v) is 58.2. The third-order valence-corrected chi connectivity index (χ3v) is 20.0. The number of nitrogens with zero attached hydrogens (tertiary/aromatic N) is 2. The summed E-state index contributed by atoms with van der Waals surface area (Å²) in [5.74, 6) is 0. The van der Waals surface area contributed by atoms with Gasteiger partial charge in [0.25, 0.3) is 6.71 Å². The van der Waals surface area contributed by atoms with Gasteiger partial charge in [-0.15, -0.1) is 0 Å². The Balaban J connectivity index is 1.18. The minimum atomic E-state index is -0.434. The minimum Gasteiger partial charge on any atom is -0.456 e. The monoisotopic (exact) mass is 1250 g/mol. The molecule has 474 valence electrons. The van der Waals surface area contributed by atoms with Crippen LogP contribution in [0, 0.1) is 0 Å². The summed E-state index contributed by atoms with van der Waals surface area (Å²) >= 11 is 0. The van der Waals surface area contributed by atoms with E-state index in [1.165, 1.54) is 27.8 Å². The molecule has 0 fully saturated rings. The number of para-hydroxylation sites is 1. The lowest BCUT2D eigenvalue weighted by Crippen LogP contribution is -2.61. The summed E-state index contributed by atoms with van der Waals surface area (Å²) in [7, 11) is 0. The van der Waals surface area contributed by atoms with E-state index < -0.39 is 12.8 Å². The van der Waals surface area contributed by atoms with E-state index in [9.17, 15) is 2.74 Å². The minimum absolute atomic E-state index is 0.136. The molecule has 0 amide bonds. The number of rotatable bonds is 8. The van der Waals surface area contributed by atoms with Gasteiger partial charge in [0.1, 0.15) is 11.2 Å². The van der Waals surface area contributed by atoms with E-state index >= 15 is 0 Å². The molecule has 0 atom stereocenters. The van der Waals surface area contributed by atoms with Gasteiger partial charge in [0.2, 0.25) is 0 Å². The maximum atomic E-state index is 9.59. The largest absolute Gasteiger partial charge is 0.456 e. The molecule has 0 bridgehead atoms. The lowest BCUT2D eigenvalue weighted by atomic mass is 9.33. The molecule has 1 aromatic heterocycles. The summed E-state index contributed by atoms with van der Waals surface area (Å²) in [4.78, 5) is 5.07. The fraction of sp³-hybridized carbons (Fsp3) is 0.217. The molecular formula is C92H87BN2O. The van der Waals surface area contributed by atoms with Crippen LogP contribution in [0.3, 0.4) is 0 Å². The smallest absolute Gasteiger partial charge is 0.252 e. The maximum absolute atomic E-state index is 9.59. The first-order valence-electron chi connectivity index (χ1n) is 36.6. The van der Waals surface area contributed by atoms with Crippen molar-refractivity contribution in [2.75, 3.05) is 9.80 Å². The van der Waals surface area contributed by atoms with Gasteiger partial charge in [-0.3, -0.25) is 0 Å². The van der Waals surface area contributed by atoms with Gasteiger partial charge in [-0.1, -0.05) is 304 Å². The Kier molecular flexibility index (Phi) is 13.5. The number of hydrogen-bond donors (Lipinski definition) is 0. The van der Waals surface area contributed by atoms with E-state index in [-0.39, 0.29) is 56.8 Å². The summed E-state index contributed by atoms with van der Waals surface area (Å²) in [6.07, 6.45) is 0. The van der Waals surface area contributed by atoms with E-state index in [1.54, 1.807) is 0 Å². The van der Waals surface area contributed by atoms with Gasteiger partial charge >= 0.3 is 0 Å². The predicted molar refractivity (Wildman–Crippen MR) is 414 cm³/mol. The molecule has 4 heteroatoms. The number of hydrogen-bond acceptors (Lipinski definition) is 3. The molecule has 96 heavy (non-hydrogen) atoms. The Bertz CT molecular complexity index is 5350. The first-order valence-corrected chi connectivity index (χ1v) is 34.1. The molecule has 15 rings (SSSR count). The van der Waals surface area contributed by atoms with Gasteiger partial charge in [0.05, 0.1) is 23.6 Å². The predicted octanol–water partition coefficient (Wildman–Crippen LogP) is 24.2. The molecule has 0 spiro atoms. The quantitative estimate of drug-likeness (QED) is 0.141. The topological polar surface area (TPSA) is 19.6 Å². The van der Waals surface area contributed by atoms with Crippen LogP contribution < -0.4 is 26.2 Å². The van der Waals surface area contributed by atoms with Crippen LogP contribution in [0.5, 0.6) is 0 Å².